The lowest BCUT2D eigenvalue weighted by molar-refractivity contribution is 0.0977. The Kier molecular flexibility index (Phi) is 5.45. The van der Waals surface area contributed by atoms with Crippen LogP contribution in [0.5, 0.6) is 5.75 Å². The van der Waals surface area contributed by atoms with Crippen molar-refractivity contribution in [2.45, 2.75) is 6.92 Å². The SMILES string of the molecule is COc1cccc(C(=O)NC(=S)Nc2cccc(-c3nc4ccccc4o3)c2C)c1. The molecule has 6 nitrogen and oxygen atoms in total. The fourth-order valence-corrected chi connectivity index (χ4v) is 3.29. The first-order chi connectivity index (χ1) is 14.5. The number of benzene rings is 3. The van der Waals surface area contributed by atoms with E-state index in [2.05, 4.69) is 15.6 Å². The third-order valence-electron chi connectivity index (χ3n) is 4.67. The number of thiocarbonyl (C=S) groups is 1. The largest absolute Gasteiger partial charge is 0.497 e. The van der Waals surface area contributed by atoms with Crippen LogP contribution in [0.15, 0.2) is 71.1 Å². The molecule has 150 valence electrons. The molecule has 3 aromatic carbocycles. The molecule has 0 atom stereocenters. The number of methoxy groups -OCH3 is 1. The zero-order valence-electron chi connectivity index (χ0n) is 16.4. The highest BCUT2D eigenvalue weighted by Crippen LogP contribution is 2.30. The van der Waals surface area contributed by atoms with Crippen LogP contribution in [0.2, 0.25) is 0 Å². The Hall–Kier alpha value is -3.71. The molecular weight excluding hydrogens is 398 g/mol. The maximum absolute atomic E-state index is 12.5. The molecule has 2 N–H and O–H groups in total. The molecule has 0 bridgehead atoms. The molecule has 0 unspecified atom stereocenters. The van der Waals surface area contributed by atoms with Crippen molar-refractivity contribution in [3.8, 4) is 17.2 Å². The second-order valence-electron chi connectivity index (χ2n) is 6.61. The van der Waals surface area contributed by atoms with E-state index in [-0.39, 0.29) is 11.0 Å². The fraction of sp³-hybridized carbons (Fsp3) is 0.0870. The van der Waals surface area contributed by atoms with E-state index in [4.69, 9.17) is 21.4 Å². The summed E-state index contributed by atoms with van der Waals surface area (Å²) in [4.78, 5) is 17.0. The minimum Gasteiger partial charge on any atom is -0.497 e. The van der Waals surface area contributed by atoms with Crippen molar-refractivity contribution in [1.82, 2.24) is 10.3 Å². The molecule has 0 saturated carbocycles. The second kappa shape index (κ2) is 8.34. The van der Waals surface area contributed by atoms with Crippen molar-refractivity contribution in [1.29, 1.82) is 0 Å². The van der Waals surface area contributed by atoms with Gasteiger partial charge < -0.3 is 14.5 Å². The number of fused-ring (bicyclic) bond motifs is 1. The molecule has 30 heavy (non-hydrogen) atoms. The van der Waals surface area contributed by atoms with Crippen LogP contribution in [0, 0.1) is 6.92 Å². The summed E-state index contributed by atoms with van der Waals surface area (Å²) in [6.45, 7) is 1.94. The molecule has 0 radical (unpaired) electrons. The first-order valence-corrected chi connectivity index (χ1v) is 9.68. The number of oxazole rings is 1. The maximum atomic E-state index is 12.5. The fourth-order valence-electron chi connectivity index (χ4n) is 3.08. The number of carbonyl (C=O) groups excluding carboxylic acids is 1. The Labute approximate surface area is 178 Å². The second-order valence-corrected chi connectivity index (χ2v) is 7.01. The summed E-state index contributed by atoms with van der Waals surface area (Å²) in [7, 11) is 1.55. The van der Waals surface area contributed by atoms with E-state index in [1.165, 1.54) is 0 Å². The van der Waals surface area contributed by atoms with Gasteiger partial charge in [-0.1, -0.05) is 24.3 Å². The minimum absolute atomic E-state index is 0.195. The van der Waals surface area contributed by atoms with Crippen molar-refractivity contribution >= 4 is 40.0 Å². The van der Waals surface area contributed by atoms with Crippen LogP contribution in [0.25, 0.3) is 22.6 Å². The van der Waals surface area contributed by atoms with Crippen molar-refractivity contribution in [2.75, 3.05) is 12.4 Å². The normalized spacial score (nSPS) is 10.6. The van der Waals surface area contributed by atoms with Gasteiger partial charge in [-0.2, -0.15) is 0 Å². The number of hydrogen-bond acceptors (Lipinski definition) is 5. The maximum Gasteiger partial charge on any atom is 0.257 e. The lowest BCUT2D eigenvalue weighted by Gasteiger charge is -2.13. The van der Waals surface area contributed by atoms with Gasteiger partial charge in [0.2, 0.25) is 5.89 Å². The van der Waals surface area contributed by atoms with Gasteiger partial charge in [-0.3, -0.25) is 10.1 Å². The van der Waals surface area contributed by atoms with Crippen LogP contribution in [-0.4, -0.2) is 23.1 Å². The quantitative estimate of drug-likeness (QED) is 0.458. The predicted molar refractivity (Wildman–Crippen MR) is 121 cm³/mol. The Morgan fingerprint density at radius 2 is 1.87 bits per heavy atom. The first kappa shape index (κ1) is 19.6. The summed E-state index contributed by atoms with van der Waals surface area (Å²) in [5.41, 5.74) is 4.49. The number of ether oxygens (including phenoxy) is 1. The average Bonchev–Trinajstić information content (AvgIpc) is 3.19. The summed E-state index contributed by atoms with van der Waals surface area (Å²) in [6.07, 6.45) is 0. The smallest absolute Gasteiger partial charge is 0.257 e. The monoisotopic (exact) mass is 417 g/mol. The molecule has 0 aliphatic carbocycles. The molecule has 0 aliphatic heterocycles. The van der Waals surface area contributed by atoms with Gasteiger partial charge >= 0.3 is 0 Å². The Balaban J connectivity index is 1.52. The van der Waals surface area contributed by atoms with Gasteiger partial charge in [0.05, 0.1) is 7.11 Å². The molecule has 0 spiro atoms. The third kappa shape index (κ3) is 4.01. The summed E-state index contributed by atoms with van der Waals surface area (Å²) < 4.78 is 11.0. The third-order valence-corrected chi connectivity index (χ3v) is 4.87. The predicted octanol–water partition coefficient (Wildman–Crippen LogP) is 4.94. The Morgan fingerprint density at radius 3 is 2.67 bits per heavy atom. The topological polar surface area (TPSA) is 76.4 Å². The van der Waals surface area contributed by atoms with Gasteiger partial charge in [-0.25, -0.2) is 4.98 Å². The first-order valence-electron chi connectivity index (χ1n) is 9.27. The number of rotatable bonds is 4. The zero-order valence-corrected chi connectivity index (χ0v) is 17.2. The average molecular weight is 417 g/mol. The Bertz CT molecular complexity index is 1220. The minimum atomic E-state index is -0.320. The number of hydrogen-bond donors (Lipinski definition) is 2. The van der Waals surface area contributed by atoms with Crippen molar-refractivity contribution in [3.63, 3.8) is 0 Å². The lowest BCUT2D eigenvalue weighted by atomic mass is 10.1. The van der Waals surface area contributed by atoms with Crippen molar-refractivity contribution < 1.29 is 13.9 Å². The van der Waals surface area contributed by atoms with Crippen LogP contribution < -0.4 is 15.4 Å². The number of aromatic nitrogens is 1. The molecule has 1 aromatic heterocycles. The lowest BCUT2D eigenvalue weighted by Crippen LogP contribution is -2.34. The number of nitrogens with one attached hydrogen (secondary N) is 2. The van der Waals surface area contributed by atoms with Gasteiger partial charge in [0.1, 0.15) is 11.3 Å². The molecule has 0 aliphatic rings. The van der Waals surface area contributed by atoms with E-state index in [0.29, 0.717) is 17.2 Å². The highest BCUT2D eigenvalue weighted by Gasteiger charge is 2.14. The number of para-hydroxylation sites is 2. The van der Waals surface area contributed by atoms with Crippen molar-refractivity contribution in [3.05, 3.63) is 77.9 Å². The zero-order chi connectivity index (χ0) is 21.1. The molecule has 1 amide bonds. The molecule has 0 fully saturated rings. The van der Waals surface area contributed by atoms with E-state index in [1.54, 1.807) is 31.4 Å². The molecule has 4 aromatic rings. The van der Waals surface area contributed by atoms with Crippen LogP contribution >= 0.6 is 12.2 Å². The van der Waals surface area contributed by atoms with Crippen molar-refractivity contribution in [2.24, 2.45) is 0 Å². The van der Waals surface area contributed by atoms with Gasteiger partial charge in [0, 0.05) is 16.8 Å². The summed E-state index contributed by atoms with van der Waals surface area (Å²) >= 11 is 5.33. The van der Waals surface area contributed by atoms with Gasteiger partial charge in [-0.05, 0) is 67.2 Å². The van der Waals surface area contributed by atoms with Crippen LogP contribution in [0.1, 0.15) is 15.9 Å². The number of nitrogens with zero attached hydrogens (tertiary/aromatic N) is 1. The highest BCUT2D eigenvalue weighted by atomic mass is 32.1. The van der Waals surface area contributed by atoms with Gasteiger partial charge in [0.25, 0.3) is 5.91 Å². The van der Waals surface area contributed by atoms with E-state index in [9.17, 15) is 4.79 Å². The summed E-state index contributed by atoms with van der Waals surface area (Å²) in [6, 6.07) is 20.2. The summed E-state index contributed by atoms with van der Waals surface area (Å²) in [5, 5.41) is 5.97. The van der Waals surface area contributed by atoms with E-state index in [1.807, 2.05) is 49.4 Å². The number of amides is 1. The van der Waals surface area contributed by atoms with E-state index in [0.717, 1.165) is 27.9 Å². The molecule has 7 heteroatoms. The van der Waals surface area contributed by atoms with E-state index >= 15 is 0 Å². The number of anilines is 1. The standard InChI is InChI=1S/C23H19N3O3S/c1-14-17(22-24-19-10-3-4-12-20(19)29-22)9-6-11-18(14)25-23(30)26-21(27)15-7-5-8-16(13-15)28-2/h3-13H,1-2H3,(H2,25,26,27,30). The summed E-state index contributed by atoms with van der Waals surface area (Å²) in [5.74, 6) is 0.811. The Morgan fingerprint density at radius 1 is 1.07 bits per heavy atom. The van der Waals surface area contributed by atoms with Gasteiger partial charge in [0.15, 0.2) is 10.7 Å². The number of carbonyl (C=O) groups is 1. The molecule has 0 saturated heterocycles. The highest BCUT2D eigenvalue weighted by molar-refractivity contribution is 7.80. The van der Waals surface area contributed by atoms with Crippen LogP contribution in [0.4, 0.5) is 5.69 Å². The van der Waals surface area contributed by atoms with Crippen LogP contribution in [0.3, 0.4) is 0 Å². The molecular formula is C23H19N3O3S. The van der Waals surface area contributed by atoms with Crippen LogP contribution in [-0.2, 0) is 0 Å². The van der Waals surface area contributed by atoms with Gasteiger partial charge in [-0.15, -0.1) is 0 Å². The molecule has 1 heterocycles. The molecule has 4 rings (SSSR count). The van der Waals surface area contributed by atoms with E-state index < -0.39 is 0 Å².